The lowest BCUT2D eigenvalue weighted by Crippen LogP contribution is -2.07. The number of rotatable bonds is 4. The van der Waals surface area contributed by atoms with E-state index < -0.39 is 36.2 Å². The van der Waals surface area contributed by atoms with Crippen LogP contribution in [0.3, 0.4) is 0 Å². The first-order valence-electron chi connectivity index (χ1n) is 9.00. The number of nitriles is 1. The minimum absolute atomic E-state index is 0.0269. The molecule has 7 nitrogen and oxygen atoms in total. The molecule has 0 fully saturated rings. The van der Waals surface area contributed by atoms with Gasteiger partial charge in [0.1, 0.15) is 17.2 Å². The Labute approximate surface area is 180 Å². The van der Waals surface area contributed by atoms with E-state index >= 15 is 0 Å². The third-order valence-corrected chi connectivity index (χ3v) is 6.50. The van der Waals surface area contributed by atoms with Crippen LogP contribution in [0.1, 0.15) is 5.56 Å². The van der Waals surface area contributed by atoms with Crippen molar-refractivity contribution in [2.24, 2.45) is 0 Å². The zero-order valence-electron chi connectivity index (χ0n) is 16.0. The van der Waals surface area contributed by atoms with E-state index in [-0.39, 0.29) is 33.3 Å². The second-order valence-electron chi connectivity index (χ2n) is 6.73. The number of nitro groups is 1. The number of benzene rings is 3. The normalized spacial score (nSPS) is 11.3. The summed E-state index contributed by atoms with van der Waals surface area (Å²) in [6.45, 7) is 0. The summed E-state index contributed by atoms with van der Waals surface area (Å²) in [7, 11) is -4.46. The van der Waals surface area contributed by atoms with Gasteiger partial charge in [-0.3, -0.25) is 10.1 Å². The van der Waals surface area contributed by atoms with Gasteiger partial charge in [0.2, 0.25) is 9.84 Å². The van der Waals surface area contributed by atoms with Crippen LogP contribution in [-0.2, 0) is 9.84 Å². The molecule has 1 aromatic heterocycles. The van der Waals surface area contributed by atoms with Gasteiger partial charge in [-0.05, 0) is 35.9 Å². The Kier molecular flexibility index (Phi) is 5.12. The molecular formula is C22H11F2N3O4S. The van der Waals surface area contributed by atoms with Crippen molar-refractivity contribution < 1.29 is 22.1 Å². The van der Waals surface area contributed by atoms with Gasteiger partial charge in [-0.1, -0.05) is 24.3 Å². The molecule has 0 unspecified atom stereocenters. The first-order valence-corrected chi connectivity index (χ1v) is 10.5. The molecule has 158 valence electrons. The molecule has 32 heavy (non-hydrogen) atoms. The predicted octanol–water partition coefficient (Wildman–Crippen LogP) is 4.79. The molecule has 3 aromatic carbocycles. The molecule has 1 heterocycles. The summed E-state index contributed by atoms with van der Waals surface area (Å²) in [6.07, 6.45) is 0.919. The number of nitro benzene ring substituents is 1. The number of nitrogens with zero attached hydrogens (tertiary/aromatic N) is 3. The standard InChI is InChI=1S/C22H11F2N3O4S/c23-15-4-1-3-14(9-15)21-18-5-2-6-19(27(28)29)22(18)26-12-20(21)32(30,31)17-8-13(11-25)7-16(24)10-17/h1-10,12H. The Balaban J connectivity index is 2.13. The average Bonchev–Trinajstić information content (AvgIpc) is 2.77. The zero-order valence-corrected chi connectivity index (χ0v) is 16.8. The van der Waals surface area contributed by atoms with Crippen molar-refractivity contribution in [3.63, 3.8) is 0 Å². The SMILES string of the molecule is N#Cc1cc(F)cc(S(=O)(=O)c2cnc3c([N+](=O)[O-])cccc3c2-c2cccc(F)c2)c1. The molecule has 4 rings (SSSR count). The van der Waals surface area contributed by atoms with E-state index in [1.54, 1.807) is 6.07 Å². The topological polar surface area (TPSA) is 114 Å². The quantitative estimate of drug-likeness (QED) is 0.325. The van der Waals surface area contributed by atoms with Gasteiger partial charge in [-0.25, -0.2) is 22.2 Å². The first-order chi connectivity index (χ1) is 15.2. The van der Waals surface area contributed by atoms with Crippen molar-refractivity contribution in [3.8, 4) is 17.2 Å². The summed E-state index contributed by atoms with van der Waals surface area (Å²) in [6, 6.07) is 13.4. The second-order valence-corrected chi connectivity index (χ2v) is 8.65. The van der Waals surface area contributed by atoms with Gasteiger partial charge in [0, 0.05) is 23.2 Å². The van der Waals surface area contributed by atoms with E-state index in [1.165, 1.54) is 30.3 Å². The maximum atomic E-state index is 14.0. The van der Waals surface area contributed by atoms with Crippen molar-refractivity contribution in [2.75, 3.05) is 0 Å². The van der Waals surface area contributed by atoms with Crippen molar-refractivity contribution in [1.29, 1.82) is 5.26 Å². The van der Waals surface area contributed by atoms with E-state index in [1.807, 2.05) is 0 Å². The van der Waals surface area contributed by atoms with E-state index in [4.69, 9.17) is 5.26 Å². The highest BCUT2D eigenvalue weighted by molar-refractivity contribution is 7.91. The Morgan fingerprint density at radius 2 is 1.75 bits per heavy atom. The lowest BCUT2D eigenvalue weighted by molar-refractivity contribution is -0.383. The number of aromatic nitrogens is 1. The van der Waals surface area contributed by atoms with E-state index in [2.05, 4.69) is 4.98 Å². The van der Waals surface area contributed by atoms with Crippen LogP contribution in [0.25, 0.3) is 22.0 Å². The van der Waals surface area contributed by atoms with Crippen molar-refractivity contribution in [2.45, 2.75) is 9.79 Å². The number of fused-ring (bicyclic) bond motifs is 1. The Morgan fingerprint density at radius 1 is 1.00 bits per heavy atom. The molecule has 0 amide bonds. The van der Waals surface area contributed by atoms with Crippen LogP contribution in [0.15, 0.2) is 76.7 Å². The minimum Gasteiger partial charge on any atom is -0.258 e. The van der Waals surface area contributed by atoms with Gasteiger partial charge in [0.25, 0.3) is 5.69 Å². The Bertz CT molecular complexity index is 1560. The number of para-hydroxylation sites is 1. The van der Waals surface area contributed by atoms with E-state index in [0.717, 1.165) is 36.5 Å². The van der Waals surface area contributed by atoms with Gasteiger partial charge in [0.15, 0.2) is 0 Å². The van der Waals surface area contributed by atoms with Crippen molar-refractivity contribution in [1.82, 2.24) is 4.98 Å². The highest BCUT2D eigenvalue weighted by Crippen LogP contribution is 2.39. The van der Waals surface area contributed by atoms with E-state index in [0.29, 0.717) is 0 Å². The van der Waals surface area contributed by atoms with Gasteiger partial charge < -0.3 is 0 Å². The fourth-order valence-corrected chi connectivity index (χ4v) is 4.88. The molecule has 0 atom stereocenters. The van der Waals surface area contributed by atoms with Crippen LogP contribution >= 0.6 is 0 Å². The maximum Gasteiger partial charge on any atom is 0.295 e. The molecular weight excluding hydrogens is 440 g/mol. The number of hydrogen-bond acceptors (Lipinski definition) is 6. The molecule has 4 aromatic rings. The van der Waals surface area contributed by atoms with Gasteiger partial charge >= 0.3 is 0 Å². The summed E-state index contributed by atoms with van der Waals surface area (Å²) < 4.78 is 54.9. The predicted molar refractivity (Wildman–Crippen MR) is 110 cm³/mol. The molecule has 0 radical (unpaired) electrons. The molecule has 0 spiro atoms. The maximum absolute atomic E-state index is 14.0. The van der Waals surface area contributed by atoms with Crippen LogP contribution in [0.4, 0.5) is 14.5 Å². The zero-order chi connectivity index (χ0) is 23.0. The minimum atomic E-state index is -4.46. The molecule has 0 bridgehead atoms. The lowest BCUT2D eigenvalue weighted by atomic mass is 10.0. The number of pyridine rings is 1. The molecule has 0 saturated carbocycles. The summed E-state index contributed by atoms with van der Waals surface area (Å²) in [4.78, 5) is 13.9. The Morgan fingerprint density at radius 3 is 2.44 bits per heavy atom. The fourth-order valence-electron chi connectivity index (χ4n) is 3.39. The molecule has 0 aliphatic rings. The lowest BCUT2D eigenvalue weighted by Gasteiger charge is -2.14. The first kappa shape index (κ1) is 21.0. The third-order valence-electron chi connectivity index (χ3n) is 4.75. The highest BCUT2D eigenvalue weighted by atomic mass is 32.2. The molecule has 0 aliphatic heterocycles. The van der Waals surface area contributed by atoms with Crippen LogP contribution < -0.4 is 0 Å². The third kappa shape index (κ3) is 3.55. The summed E-state index contributed by atoms with van der Waals surface area (Å²) in [5, 5.41) is 20.6. The van der Waals surface area contributed by atoms with Crippen LogP contribution in [0, 0.1) is 33.1 Å². The van der Waals surface area contributed by atoms with Gasteiger partial charge in [-0.15, -0.1) is 0 Å². The number of sulfone groups is 1. The molecule has 10 heteroatoms. The second kappa shape index (κ2) is 7.79. The summed E-state index contributed by atoms with van der Waals surface area (Å²) in [5.74, 6) is -1.59. The molecule has 0 saturated heterocycles. The number of hydrogen-bond donors (Lipinski definition) is 0. The largest absolute Gasteiger partial charge is 0.295 e. The highest BCUT2D eigenvalue weighted by Gasteiger charge is 2.27. The summed E-state index contributed by atoms with van der Waals surface area (Å²) in [5.41, 5.74) is -0.552. The smallest absolute Gasteiger partial charge is 0.258 e. The average molecular weight is 451 g/mol. The van der Waals surface area contributed by atoms with Crippen LogP contribution in [-0.4, -0.2) is 18.3 Å². The fraction of sp³-hybridized carbons (Fsp3) is 0. The van der Waals surface area contributed by atoms with Gasteiger partial charge in [-0.2, -0.15) is 5.26 Å². The van der Waals surface area contributed by atoms with Crippen molar-refractivity contribution in [3.05, 3.63) is 94.2 Å². The molecule has 0 aliphatic carbocycles. The monoisotopic (exact) mass is 451 g/mol. The Hall–Kier alpha value is -4.23. The molecule has 0 N–H and O–H groups in total. The van der Waals surface area contributed by atoms with Crippen LogP contribution in [0.5, 0.6) is 0 Å². The summed E-state index contributed by atoms with van der Waals surface area (Å²) >= 11 is 0. The van der Waals surface area contributed by atoms with Crippen molar-refractivity contribution >= 4 is 26.4 Å². The number of halogens is 2. The van der Waals surface area contributed by atoms with E-state index in [9.17, 15) is 27.3 Å². The van der Waals surface area contributed by atoms with Crippen LogP contribution in [0.2, 0.25) is 0 Å². The number of non-ortho nitro benzene ring substituents is 1. The van der Waals surface area contributed by atoms with Gasteiger partial charge in [0.05, 0.1) is 26.3 Å².